The van der Waals surface area contributed by atoms with E-state index in [2.05, 4.69) is 25.4 Å². The zero-order valence-electron chi connectivity index (χ0n) is 19.3. The highest BCUT2D eigenvalue weighted by Gasteiger charge is 2.25. The van der Waals surface area contributed by atoms with Gasteiger partial charge in [-0.25, -0.2) is 9.97 Å². The normalized spacial score (nSPS) is 13.3. The molecule has 1 fully saturated rings. The summed E-state index contributed by atoms with van der Waals surface area (Å²) >= 11 is 1.28. The first kappa shape index (κ1) is 23.3. The summed E-state index contributed by atoms with van der Waals surface area (Å²) in [5.74, 6) is 0.216. The van der Waals surface area contributed by atoms with Crippen molar-refractivity contribution in [1.82, 2.24) is 15.0 Å². The second-order valence-corrected chi connectivity index (χ2v) is 8.98. The summed E-state index contributed by atoms with van der Waals surface area (Å²) in [6.07, 6.45) is 0. The number of pyridine rings is 2. The van der Waals surface area contributed by atoms with Gasteiger partial charge in [-0.1, -0.05) is 36.1 Å². The molecule has 4 heterocycles. The minimum Gasteiger partial charge on any atom is -0.378 e. The molecule has 2 amide bonds. The number of fused-ring (bicyclic) bond motifs is 1. The highest BCUT2D eigenvalue weighted by molar-refractivity contribution is 7.22. The number of aromatic nitrogens is 3. The van der Waals surface area contributed by atoms with Crippen LogP contribution in [0.15, 0.2) is 48.5 Å². The van der Waals surface area contributed by atoms with Crippen molar-refractivity contribution in [2.75, 3.05) is 41.8 Å². The van der Waals surface area contributed by atoms with Crippen LogP contribution in [0.2, 0.25) is 0 Å². The number of thiazole rings is 1. The molecule has 0 spiro atoms. The number of anilines is 3. The Kier molecular flexibility index (Phi) is 6.53. The molecule has 0 atom stereocenters. The fourth-order valence-corrected chi connectivity index (χ4v) is 4.65. The van der Waals surface area contributed by atoms with Gasteiger partial charge in [-0.15, -0.1) is 4.98 Å². The number of rotatable bonds is 5. The van der Waals surface area contributed by atoms with Crippen LogP contribution in [0, 0.1) is 6.57 Å². The van der Waals surface area contributed by atoms with Gasteiger partial charge in [0.15, 0.2) is 5.13 Å². The number of hydrogen-bond donors (Lipinski definition) is 2. The molecule has 5 rings (SSSR count). The average molecular weight is 500 g/mol. The SMILES string of the molecule is [C-]#[N+]c1ccc(C(=O)Nc2nc3ccc(-c4ccc(NC(C)=O)cc4)nc3s2)c(N2CCOCC2)n1. The predicted molar refractivity (Wildman–Crippen MR) is 139 cm³/mol. The summed E-state index contributed by atoms with van der Waals surface area (Å²) in [7, 11) is 0. The van der Waals surface area contributed by atoms with Crippen LogP contribution in [0.3, 0.4) is 0 Å². The van der Waals surface area contributed by atoms with Gasteiger partial charge in [0.2, 0.25) is 11.7 Å². The van der Waals surface area contributed by atoms with Gasteiger partial charge in [-0.3, -0.25) is 14.9 Å². The highest BCUT2D eigenvalue weighted by Crippen LogP contribution is 2.30. The van der Waals surface area contributed by atoms with Crippen LogP contribution in [0.25, 0.3) is 26.4 Å². The molecule has 0 radical (unpaired) electrons. The van der Waals surface area contributed by atoms with E-state index in [0.717, 1.165) is 11.3 Å². The zero-order chi connectivity index (χ0) is 25.1. The van der Waals surface area contributed by atoms with Gasteiger partial charge in [0.05, 0.1) is 18.9 Å². The van der Waals surface area contributed by atoms with E-state index in [0.29, 0.717) is 58.9 Å². The van der Waals surface area contributed by atoms with E-state index in [1.54, 1.807) is 6.07 Å². The van der Waals surface area contributed by atoms with Gasteiger partial charge < -0.3 is 19.8 Å². The third-order valence-electron chi connectivity index (χ3n) is 5.51. The van der Waals surface area contributed by atoms with E-state index in [9.17, 15) is 9.59 Å². The number of benzene rings is 1. The first-order chi connectivity index (χ1) is 17.5. The lowest BCUT2D eigenvalue weighted by atomic mass is 10.1. The zero-order valence-corrected chi connectivity index (χ0v) is 20.1. The molecule has 1 aromatic carbocycles. The van der Waals surface area contributed by atoms with Crippen LogP contribution in [-0.2, 0) is 9.53 Å². The minimum absolute atomic E-state index is 0.128. The molecule has 0 unspecified atom stereocenters. The Labute approximate surface area is 210 Å². The van der Waals surface area contributed by atoms with Crippen molar-refractivity contribution in [1.29, 1.82) is 0 Å². The van der Waals surface area contributed by atoms with Crippen LogP contribution in [0.1, 0.15) is 17.3 Å². The van der Waals surface area contributed by atoms with Crippen molar-refractivity contribution in [3.63, 3.8) is 0 Å². The van der Waals surface area contributed by atoms with Crippen LogP contribution in [-0.4, -0.2) is 53.1 Å². The molecular formula is C25H21N7O3S. The summed E-state index contributed by atoms with van der Waals surface area (Å²) in [6.45, 7) is 11.0. The third kappa shape index (κ3) is 5.00. The van der Waals surface area contributed by atoms with Gasteiger partial charge in [0.1, 0.15) is 15.9 Å². The topological polar surface area (TPSA) is 114 Å². The van der Waals surface area contributed by atoms with Crippen molar-refractivity contribution in [3.8, 4) is 11.3 Å². The standard InChI is InChI=1S/C25H21N7O3S/c1-15(33)27-17-5-3-16(4-6-17)19-8-9-20-24(28-19)36-25(29-20)31-23(34)18-7-10-21(26-2)30-22(18)32-11-13-35-14-12-32/h3-10H,11-14H2,1H3,(H,27,33)(H,29,31,34). The molecule has 0 saturated carbocycles. The number of amides is 2. The molecule has 1 aliphatic heterocycles. The summed E-state index contributed by atoms with van der Waals surface area (Å²) in [5, 5.41) is 6.03. The molecule has 11 heteroatoms. The molecule has 2 N–H and O–H groups in total. The Morgan fingerprint density at radius 3 is 2.50 bits per heavy atom. The van der Waals surface area contributed by atoms with Crippen LogP contribution < -0.4 is 15.5 Å². The van der Waals surface area contributed by atoms with Crippen molar-refractivity contribution < 1.29 is 14.3 Å². The number of morpholine rings is 1. The summed E-state index contributed by atoms with van der Waals surface area (Å²) in [5.41, 5.74) is 3.41. The lowest BCUT2D eigenvalue weighted by Gasteiger charge is -2.27. The third-order valence-corrected chi connectivity index (χ3v) is 6.39. The molecule has 180 valence electrons. The maximum atomic E-state index is 13.2. The van der Waals surface area contributed by atoms with Crippen molar-refractivity contribution in [2.24, 2.45) is 0 Å². The molecule has 3 aromatic heterocycles. The largest absolute Gasteiger partial charge is 0.378 e. The van der Waals surface area contributed by atoms with Gasteiger partial charge in [0.25, 0.3) is 11.7 Å². The number of carbonyl (C=O) groups is 2. The summed E-state index contributed by atoms with van der Waals surface area (Å²) in [6, 6.07) is 14.3. The first-order valence-corrected chi connectivity index (χ1v) is 12.0. The summed E-state index contributed by atoms with van der Waals surface area (Å²) < 4.78 is 5.41. The highest BCUT2D eigenvalue weighted by atomic mass is 32.1. The number of nitrogens with zero attached hydrogens (tertiary/aromatic N) is 5. The lowest BCUT2D eigenvalue weighted by Crippen LogP contribution is -2.38. The van der Waals surface area contributed by atoms with E-state index in [1.807, 2.05) is 41.3 Å². The van der Waals surface area contributed by atoms with Crippen molar-refractivity contribution >= 4 is 56.0 Å². The molecule has 4 aromatic rings. The number of carbonyl (C=O) groups excluding carboxylic acids is 2. The fraction of sp³-hybridized carbons (Fsp3) is 0.200. The van der Waals surface area contributed by atoms with E-state index in [1.165, 1.54) is 24.3 Å². The minimum atomic E-state index is -0.353. The van der Waals surface area contributed by atoms with Gasteiger partial charge in [0, 0.05) is 31.3 Å². The Hall–Kier alpha value is -4.40. The monoisotopic (exact) mass is 499 g/mol. The van der Waals surface area contributed by atoms with Gasteiger partial charge >= 0.3 is 0 Å². The summed E-state index contributed by atoms with van der Waals surface area (Å²) in [4.78, 5) is 44.1. The second-order valence-electron chi connectivity index (χ2n) is 8.00. The van der Waals surface area contributed by atoms with Crippen LogP contribution in [0.5, 0.6) is 0 Å². The smallest absolute Gasteiger partial charge is 0.271 e. The lowest BCUT2D eigenvalue weighted by molar-refractivity contribution is -0.114. The van der Waals surface area contributed by atoms with Gasteiger partial charge in [-0.05, 0) is 30.3 Å². The predicted octanol–water partition coefficient (Wildman–Crippen LogP) is 4.35. The van der Waals surface area contributed by atoms with E-state index in [4.69, 9.17) is 16.3 Å². The average Bonchev–Trinajstić information content (AvgIpc) is 3.30. The van der Waals surface area contributed by atoms with Crippen LogP contribution in [0.4, 0.5) is 22.5 Å². The van der Waals surface area contributed by atoms with Gasteiger partial charge in [-0.2, -0.15) is 0 Å². The van der Waals surface area contributed by atoms with Crippen molar-refractivity contribution in [2.45, 2.75) is 6.92 Å². The number of nitrogens with one attached hydrogen (secondary N) is 2. The first-order valence-electron chi connectivity index (χ1n) is 11.2. The van der Waals surface area contributed by atoms with E-state index in [-0.39, 0.29) is 17.6 Å². The molecule has 0 bridgehead atoms. The van der Waals surface area contributed by atoms with Crippen LogP contribution >= 0.6 is 11.3 Å². The molecule has 1 saturated heterocycles. The molecule has 10 nitrogen and oxygen atoms in total. The number of hydrogen-bond acceptors (Lipinski definition) is 8. The maximum absolute atomic E-state index is 13.2. The molecular weight excluding hydrogens is 478 g/mol. The van der Waals surface area contributed by atoms with E-state index < -0.39 is 0 Å². The molecule has 0 aliphatic carbocycles. The Morgan fingerprint density at radius 1 is 1.00 bits per heavy atom. The molecule has 36 heavy (non-hydrogen) atoms. The number of ether oxygens (including phenoxy) is 1. The Morgan fingerprint density at radius 2 is 1.78 bits per heavy atom. The second kappa shape index (κ2) is 10.1. The van der Waals surface area contributed by atoms with Crippen molar-refractivity contribution in [3.05, 3.63) is 65.5 Å². The Balaban J connectivity index is 1.38. The quantitative estimate of drug-likeness (QED) is 0.393. The molecule has 1 aliphatic rings. The Bertz CT molecular complexity index is 1490. The van der Waals surface area contributed by atoms with E-state index >= 15 is 0 Å². The maximum Gasteiger partial charge on any atom is 0.271 e. The fourth-order valence-electron chi connectivity index (χ4n) is 3.82.